The molecule has 0 bridgehead atoms. The number of anilines is 1. The van der Waals surface area contributed by atoms with E-state index in [9.17, 15) is 4.79 Å². The first kappa shape index (κ1) is 13.1. The molecule has 1 aromatic carbocycles. The number of aromatic nitrogens is 2. The van der Waals surface area contributed by atoms with Crippen LogP contribution >= 0.6 is 0 Å². The van der Waals surface area contributed by atoms with Crippen LogP contribution in [0.2, 0.25) is 0 Å². The Morgan fingerprint density at radius 3 is 2.74 bits per heavy atom. The SMILES string of the molecule is Cc1cc(N)cc(C(=O)N(C)Cc2cnn(C)c2)c1. The normalized spacial score (nSPS) is 10.5. The van der Waals surface area contributed by atoms with Crippen LogP contribution in [0.5, 0.6) is 0 Å². The summed E-state index contributed by atoms with van der Waals surface area (Å²) < 4.78 is 1.72. The Bertz CT molecular complexity index is 583. The predicted octanol–water partition coefficient (Wildman–Crippen LogP) is 1.58. The van der Waals surface area contributed by atoms with Crippen molar-refractivity contribution in [2.45, 2.75) is 13.5 Å². The quantitative estimate of drug-likeness (QED) is 0.850. The third-order valence-corrected chi connectivity index (χ3v) is 2.87. The summed E-state index contributed by atoms with van der Waals surface area (Å²) in [5.41, 5.74) is 8.98. The molecule has 0 fully saturated rings. The first-order valence-electron chi connectivity index (χ1n) is 6.06. The number of carbonyl (C=O) groups excluding carboxylic acids is 1. The Labute approximate surface area is 112 Å². The molecular weight excluding hydrogens is 240 g/mol. The lowest BCUT2D eigenvalue weighted by molar-refractivity contribution is 0.0785. The van der Waals surface area contributed by atoms with Crippen molar-refractivity contribution in [2.24, 2.45) is 7.05 Å². The fourth-order valence-corrected chi connectivity index (χ4v) is 2.06. The van der Waals surface area contributed by atoms with Crippen molar-refractivity contribution in [3.8, 4) is 0 Å². The van der Waals surface area contributed by atoms with Gasteiger partial charge in [-0.25, -0.2) is 0 Å². The zero-order chi connectivity index (χ0) is 14.0. The summed E-state index contributed by atoms with van der Waals surface area (Å²) in [6, 6.07) is 5.39. The molecule has 0 saturated carbocycles. The van der Waals surface area contributed by atoms with E-state index in [4.69, 9.17) is 5.73 Å². The highest BCUT2D eigenvalue weighted by atomic mass is 16.2. The third kappa shape index (κ3) is 3.13. The summed E-state index contributed by atoms with van der Waals surface area (Å²) in [4.78, 5) is 14.0. The zero-order valence-corrected chi connectivity index (χ0v) is 11.4. The monoisotopic (exact) mass is 258 g/mol. The van der Waals surface area contributed by atoms with E-state index in [1.165, 1.54) is 0 Å². The predicted molar refractivity (Wildman–Crippen MR) is 74.6 cm³/mol. The molecule has 5 nitrogen and oxygen atoms in total. The van der Waals surface area contributed by atoms with Gasteiger partial charge in [0.25, 0.3) is 5.91 Å². The van der Waals surface area contributed by atoms with Crippen molar-refractivity contribution in [1.82, 2.24) is 14.7 Å². The maximum atomic E-state index is 12.3. The van der Waals surface area contributed by atoms with E-state index in [1.807, 2.05) is 32.3 Å². The van der Waals surface area contributed by atoms with Crippen molar-refractivity contribution in [3.63, 3.8) is 0 Å². The number of hydrogen-bond acceptors (Lipinski definition) is 3. The number of benzene rings is 1. The Morgan fingerprint density at radius 2 is 2.16 bits per heavy atom. The molecule has 0 radical (unpaired) electrons. The Morgan fingerprint density at radius 1 is 1.42 bits per heavy atom. The van der Waals surface area contributed by atoms with Crippen LogP contribution in [0.15, 0.2) is 30.6 Å². The number of nitrogens with two attached hydrogens (primary N) is 1. The van der Waals surface area contributed by atoms with Crippen molar-refractivity contribution in [3.05, 3.63) is 47.3 Å². The standard InChI is InChI=1S/C14H18N4O/c1-10-4-12(6-13(15)5-10)14(19)17(2)8-11-7-16-18(3)9-11/h4-7,9H,8,15H2,1-3H3. The van der Waals surface area contributed by atoms with Gasteiger partial charge in [-0.2, -0.15) is 5.10 Å². The molecule has 0 saturated heterocycles. The molecule has 0 unspecified atom stereocenters. The summed E-state index contributed by atoms with van der Waals surface area (Å²) in [6.45, 7) is 2.45. The van der Waals surface area contributed by atoms with E-state index in [0.717, 1.165) is 11.1 Å². The van der Waals surface area contributed by atoms with Crippen LogP contribution in [-0.2, 0) is 13.6 Å². The number of carbonyl (C=O) groups is 1. The third-order valence-electron chi connectivity index (χ3n) is 2.87. The molecule has 2 N–H and O–H groups in total. The smallest absolute Gasteiger partial charge is 0.253 e. The number of amides is 1. The lowest BCUT2D eigenvalue weighted by Crippen LogP contribution is -2.26. The zero-order valence-electron chi connectivity index (χ0n) is 11.4. The molecule has 100 valence electrons. The number of nitrogen functional groups attached to an aromatic ring is 1. The minimum absolute atomic E-state index is 0.0424. The van der Waals surface area contributed by atoms with Gasteiger partial charge in [0.15, 0.2) is 0 Å². The van der Waals surface area contributed by atoms with E-state index in [-0.39, 0.29) is 5.91 Å². The first-order valence-corrected chi connectivity index (χ1v) is 6.06. The minimum Gasteiger partial charge on any atom is -0.399 e. The molecule has 2 aromatic rings. The highest BCUT2D eigenvalue weighted by Gasteiger charge is 2.13. The van der Waals surface area contributed by atoms with Crippen LogP contribution in [0.4, 0.5) is 5.69 Å². The summed E-state index contributed by atoms with van der Waals surface area (Å²) in [7, 11) is 3.63. The van der Waals surface area contributed by atoms with Gasteiger partial charge in [-0.05, 0) is 30.7 Å². The molecule has 0 aliphatic carbocycles. The maximum Gasteiger partial charge on any atom is 0.253 e. The molecule has 0 atom stereocenters. The maximum absolute atomic E-state index is 12.3. The Kier molecular flexibility index (Phi) is 3.55. The van der Waals surface area contributed by atoms with Crippen LogP contribution in [0, 0.1) is 6.92 Å². The van der Waals surface area contributed by atoms with Gasteiger partial charge < -0.3 is 10.6 Å². The molecule has 1 aromatic heterocycles. The number of hydrogen-bond donors (Lipinski definition) is 1. The number of nitrogens with zero attached hydrogens (tertiary/aromatic N) is 3. The van der Waals surface area contributed by atoms with E-state index in [0.29, 0.717) is 17.8 Å². The molecule has 0 aliphatic rings. The van der Waals surface area contributed by atoms with E-state index < -0.39 is 0 Å². The molecule has 1 amide bonds. The summed E-state index contributed by atoms with van der Waals surface area (Å²) in [5, 5.41) is 4.09. The second-order valence-electron chi connectivity index (χ2n) is 4.82. The van der Waals surface area contributed by atoms with Crippen LogP contribution < -0.4 is 5.73 Å². The van der Waals surface area contributed by atoms with Crippen LogP contribution in [0.1, 0.15) is 21.5 Å². The van der Waals surface area contributed by atoms with Crippen molar-refractivity contribution in [1.29, 1.82) is 0 Å². The average Bonchev–Trinajstić information content (AvgIpc) is 2.72. The van der Waals surface area contributed by atoms with Crippen LogP contribution in [0.3, 0.4) is 0 Å². The second-order valence-corrected chi connectivity index (χ2v) is 4.82. The number of rotatable bonds is 3. The molecule has 1 heterocycles. The molecule has 5 heteroatoms. The topological polar surface area (TPSA) is 64.2 Å². The fraction of sp³-hybridized carbons (Fsp3) is 0.286. The van der Waals surface area contributed by atoms with Gasteiger partial charge in [-0.1, -0.05) is 0 Å². The molecule has 0 aliphatic heterocycles. The van der Waals surface area contributed by atoms with Crippen molar-refractivity contribution >= 4 is 11.6 Å². The summed E-state index contributed by atoms with van der Waals surface area (Å²) in [5.74, 6) is -0.0424. The second kappa shape index (κ2) is 5.14. The van der Waals surface area contributed by atoms with E-state index in [1.54, 1.807) is 28.9 Å². The lowest BCUT2D eigenvalue weighted by Gasteiger charge is -2.16. The van der Waals surface area contributed by atoms with Gasteiger partial charge >= 0.3 is 0 Å². The van der Waals surface area contributed by atoms with Gasteiger partial charge in [0.1, 0.15) is 0 Å². The van der Waals surface area contributed by atoms with Gasteiger partial charge in [0, 0.05) is 43.7 Å². The largest absolute Gasteiger partial charge is 0.399 e. The molecule has 0 spiro atoms. The highest BCUT2D eigenvalue weighted by Crippen LogP contribution is 2.14. The first-order chi connectivity index (χ1) is 8.95. The molecule has 19 heavy (non-hydrogen) atoms. The van der Waals surface area contributed by atoms with Crippen LogP contribution in [-0.4, -0.2) is 27.6 Å². The van der Waals surface area contributed by atoms with E-state index >= 15 is 0 Å². The lowest BCUT2D eigenvalue weighted by atomic mass is 10.1. The Balaban J connectivity index is 2.14. The van der Waals surface area contributed by atoms with Crippen molar-refractivity contribution < 1.29 is 4.79 Å². The summed E-state index contributed by atoms with van der Waals surface area (Å²) >= 11 is 0. The summed E-state index contributed by atoms with van der Waals surface area (Å²) in [6.07, 6.45) is 3.66. The average molecular weight is 258 g/mol. The number of aryl methyl sites for hydroxylation is 2. The van der Waals surface area contributed by atoms with Gasteiger partial charge in [-0.15, -0.1) is 0 Å². The Hall–Kier alpha value is -2.30. The van der Waals surface area contributed by atoms with Crippen molar-refractivity contribution in [2.75, 3.05) is 12.8 Å². The molecular formula is C14H18N4O. The van der Waals surface area contributed by atoms with Gasteiger partial charge in [-0.3, -0.25) is 9.48 Å². The van der Waals surface area contributed by atoms with E-state index in [2.05, 4.69) is 5.10 Å². The molecule has 2 rings (SSSR count). The fourth-order valence-electron chi connectivity index (χ4n) is 2.06. The van der Waals surface area contributed by atoms with Gasteiger partial charge in [0.05, 0.1) is 6.20 Å². The van der Waals surface area contributed by atoms with Gasteiger partial charge in [0.2, 0.25) is 0 Å². The highest BCUT2D eigenvalue weighted by molar-refractivity contribution is 5.95. The minimum atomic E-state index is -0.0424. The van der Waals surface area contributed by atoms with Crippen LogP contribution in [0.25, 0.3) is 0 Å².